The van der Waals surface area contributed by atoms with Crippen molar-refractivity contribution in [3.63, 3.8) is 0 Å². The summed E-state index contributed by atoms with van der Waals surface area (Å²) in [7, 11) is 2.30. The Morgan fingerprint density at radius 1 is 1.14 bits per heavy atom. The van der Waals surface area contributed by atoms with Crippen LogP contribution in [0.4, 0.5) is 0 Å². The molecule has 8 atom stereocenters. The normalized spacial score (nSPS) is 46.2. The lowest BCUT2D eigenvalue weighted by Gasteiger charge is -2.70. The molecule has 0 aromatic rings. The van der Waals surface area contributed by atoms with Gasteiger partial charge in [-0.05, 0) is 84.2 Å². The van der Waals surface area contributed by atoms with Crippen LogP contribution in [0.5, 0.6) is 0 Å². The van der Waals surface area contributed by atoms with E-state index in [1.807, 2.05) is 6.92 Å². The summed E-state index contributed by atoms with van der Waals surface area (Å²) in [6.07, 6.45) is 15.2. The number of ether oxygens (including phenoxy) is 3. The molecule has 0 radical (unpaired) electrons. The SMILES string of the molecule is CC#CCOC1CCC2CC3N(C)CC[C@]45C2C1O[C@@]4(C)C(=O)CC[C@@]35OCCCC1CCCCC1. The first kappa shape index (κ1) is 25.4. The van der Waals surface area contributed by atoms with Gasteiger partial charge in [-0.2, -0.15) is 0 Å². The first-order chi connectivity index (χ1) is 17.5. The predicted molar refractivity (Wildman–Crippen MR) is 139 cm³/mol. The number of hydrogen-bond acceptors (Lipinski definition) is 5. The van der Waals surface area contributed by atoms with E-state index in [1.165, 1.54) is 38.5 Å². The second kappa shape index (κ2) is 9.67. The summed E-state index contributed by atoms with van der Waals surface area (Å²) in [5.41, 5.74) is -1.32. The molecule has 5 nitrogen and oxygen atoms in total. The van der Waals surface area contributed by atoms with E-state index in [1.54, 1.807) is 0 Å². The van der Waals surface area contributed by atoms with Crippen molar-refractivity contribution in [2.24, 2.45) is 23.2 Å². The average molecular weight is 498 g/mol. The van der Waals surface area contributed by atoms with Gasteiger partial charge in [0.2, 0.25) is 0 Å². The van der Waals surface area contributed by atoms with Crippen LogP contribution >= 0.6 is 0 Å². The fourth-order valence-corrected chi connectivity index (χ4v) is 10.2. The number of piperidine rings is 1. The van der Waals surface area contributed by atoms with Crippen LogP contribution in [0, 0.1) is 35.0 Å². The first-order valence-corrected chi connectivity index (χ1v) is 15.0. The van der Waals surface area contributed by atoms with Crippen LogP contribution in [0.25, 0.3) is 0 Å². The summed E-state index contributed by atoms with van der Waals surface area (Å²) in [5, 5.41) is 0. The standard InChI is InChI=1S/C31H47NO4/c1-4-5-19-34-24-14-13-23-21-25-31(35-20-9-12-22-10-7-6-8-11-22)16-15-26(33)29(2)30(31,17-18-32(25)3)27(23)28(24)36-29/h22-25,27-28H,6-21H2,1-3H3/t23?,24?,25?,27?,28?,29-,30-,31+/m0/s1. The van der Waals surface area contributed by atoms with Crippen molar-refractivity contribution in [3.05, 3.63) is 0 Å². The van der Waals surface area contributed by atoms with Crippen LogP contribution < -0.4 is 0 Å². The Morgan fingerprint density at radius 2 is 1.97 bits per heavy atom. The van der Waals surface area contributed by atoms with E-state index in [-0.39, 0.29) is 23.2 Å². The second-order valence-corrected chi connectivity index (χ2v) is 13.0. The Labute approximate surface area is 218 Å². The van der Waals surface area contributed by atoms with Crippen LogP contribution in [0.2, 0.25) is 0 Å². The molecule has 4 aliphatic carbocycles. The highest BCUT2D eigenvalue weighted by atomic mass is 16.6. The molecule has 2 aliphatic heterocycles. The Kier molecular flexibility index (Phi) is 6.81. The summed E-state index contributed by atoms with van der Waals surface area (Å²) >= 11 is 0. The predicted octanol–water partition coefficient (Wildman–Crippen LogP) is 5.15. The maximum Gasteiger partial charge on any atom is 0.165 e. The Balaban J connectivity index is 1.32. The van der Waals surface area contributed by atoms with E-state index in [2.05, 4.69) is 30.7 Å². The lowest BCUT2D eigenvalue weighted by Crippen LogP contribution is -2.80. The molecule has 6 rings (SSSR count). The fourth-order valence-electron chi connectivity index (χ4n) is 10.2. The number of likely N-dealkylation sites (tertiary alicyclic amines) is 1. The van der Waals surface area contributed by atoms with Crippen molar-refractivity contribution >= 4 is 5.78 Å². The number of Topliss-reactive ketones (excluding diaryl/α,β-unsaturated/α-hetero) is 1. The number of nitrogens with zero attached hydrogens (tertiary/aromatic N) is 1. The highest BCUT2D eigenvalue weighted by molar-refractivity contribution is 5.90. The summed E-state index contributed by atoms with van der Waals surface area (Å²) in [4.78, 5) is 16.4. The molecule has 0 aromatic carbocycles. The van der Waals surface area contributed by atoms with Gasteiger partial charge in [0.25, 0.3) is 0 Å². The van der Waals surface area contributed by atoms with Crippen LogP contribution in [0.1, 0.15) is 97.3 Å². The molecular weight excluding hydrogens is 450 g/mol. The Hall–Kier alpha value is -0.930. The molecule has 2 bridgehead atoms. The lowest BCUT2D eigenvalue weighted by atomic mass is 9.40. The lowest BCUT2D eigenvalue weighted by molar-refractivity contribution is -0.285. The molecule has 36 heavy (non-hydrogen) atoms. The van der Waals surface area contributed by atoms with Gasteiger partial charge < -0.3 is 19.1 Å². The quantitative estimate of drug-likeness (QED) is 0.360. The zero-order valence-electron chi connectivity index (χ0n) is 22.9. The van der Waals surface area contributed by atoms with Gasteiger partial charge >= 0.3 is 0 Å². The number of hydrogen-bond donors (Lipinski definition) is 0. The van der Waals surface area contributed by atoms with Gasteiger partial charge in [0.15, 0.2) is 5.78 Å². The van der Waals surface area contributed by atoms with Crippen molar-refractivity contribution in [1.82, 2.24) is 4.90 Å². The minimum absolute atomic E-state index is 0.0240. The van der Waals surface area contributed by atoms with Gasteiger partial charge in [0.05, 0.1) is 17.8 Å². The molecule has 200 valence electrons. The van der Waals surface area contributed by atoms with Crippen LogP contribution in [0.15, 0.2) is 0 Å². The summed E-state index contributed by atoms with van der Waals surface area (Å²) in [5.74, 6) is 8.14. The van der Waals surface area contributed by atoms with Crippen molar-refractivity contribution < 1.29 is 19.0 Å². The molecule has 0 amide bonds. The van der Waals surface area contributed by atoms with Crippen molar-refractivity contribution in [1.29, 1.82) is 0 Å². The third-order valence-corrected chi connectivity index (χ3v) is 11.7. The zero-order chi connectivity index (χ0) is 25.0. The van der Waals surface area contributed by atoms with Crippen molar-refractivity contribution in [3.8, 4) is 11.8 Å². The number of likely N-dealkylation sites (N-methyl/N-ethyl adjacent to an activating group) is 1. The highest BCUT2D eigenvalue weighted by Gasteiger charge is 2.82. The molecule has 5 heteroatoms. The fraction of sp³-hybridized carbons (Fsp3) is 0.903. The van der Waals surface area contributed by atoms with Gasteiger partial charge in [-0.1, -0.05) is 38.0 Å². The topological polar surface area (TPSA) is 48.0 Å². The smallest absolute Gasteiger partial charge is 0.165 e. The van der Waals surface area contributed by atoms with Crippen molar-refractivity contribution in [2.45, 2.75) is 127 Å². The summed E-state index contributed by atoms with van der Waals surface area (Å²) in [6, 6.07) is 0.375. The monoisotopic (exact) mass is 497 g/mol. The minimum Gasteiger partial charge on any atom is -0.373 e. The van der Waals surface area contributed by atoms with Gasteiger partial charge in [-0.25, -0.2) is 0 Å². The third kappa shape index (κ3) is 3.54. The van der Waals surface area contributed by atoms with E-state index in [4.69, 9.17) is 14.2 Å². The molecule has 6 aliphatic rings. The van der Waals surface area contributed by atoms with E-state index in [0.29, 0.717) is 36.7 Å². The molecule has 2 saturated heterocycles. The molecule has 5 unspecified atom stereocenters. The molecule has 0 N–H and O–H groups in total. The number of rotatable bonds is 7. The van der Waals surface area contributed by atoms with E-state index < -0.39 is 5.60 Å². The maximum absolute atomic E-state index is 13.8. The molecule has 0 aromatic heterocycles. The Morgan fingerprint density at radius 3 is 2.78 bits per heavy atom. The zero-order valence-corrected chi connectivity index (χ0v) is 22.9. The van der Waals surface area contributed by atoms with Gasteiger partial charge in [0, 0.05) is 30.4 Å². The molecule has 2 heterocycles. The van der Waals surface area contributed by atoms with E-state index >= 15 is 0 Å². The minimum atomic E-state index is -0.773. The number of ketones is 1. The van der Waals surface area contributed by atoms with E-state index in [0.717, 1.165) is 57.6 Å². The van der Waals surface area contributed by atoms with Crippen LogP contribution in [-0.4, -0.2) is 66.9 Å². The summed E-state index contributed by atoms with van der Waals surface area (Å²) < 4.78 is 20.6. The maximum atomic E-state index is 13.8. The van der Waals surface area contributed by atoms with E-state index in [9.17, 15) is 4.79 Å². The molecule has 6 fully saturated rings. The van der Waals surface area contributed by atoms with Crippen LogP contribution in [0.3, 0.4) is 0 Å². The first-order valence-electron chi connectivity index (χ1n) is 15.0. The molecule has 1 spiro atoms. The second-order valence-electron chi connectivity index (χ2n) is 13.0. The Bertz CT molecular complexity index is 904. The number of carbonyl (C=O) groups excluding carboxylic acids is 1. The van der Waals surface area contributed by atoms with Gasteiger partial charge in [-0.3, -0.25) is 4.79 Å². The van der Waals surface area contributed by atoms with Gasteiger partial charge in [0.1, 0.15) is 12.2 Å². The largest absolute Gasteiger partial charge is 0.373 e. The average Bonchev–Trinajstić information content (AvgIpc) is 3.17. The third-order valence-electron chi connectivity index (χ3n) is 11.7. The highest BCUT2D eigenvalue weighted by Crippen LogP contribution is 2.73. The molecular formula is C31H47NO4. The summed E-state index contributed by atoms with van der Waals surface area (Å²) in [6.45, 7) is 6.29. The number of carbonyl (C=O) groups is 1. The van der Waals surface area contributed by atoms with Crippen molar-refractivity contribution in [2.75, 3.05) is 26.8 Å². The van der Waals surface area contributed by atoms with Gasteiger partial charge in [-0.15, -0.1) is 5.92 Å². The molecule has 4 saturated carbocycles. The van der Waals surface area contributed by atoms with Crippen LogP contribution in [-0.2, 0) is 19.0 Å².